The third kappa shape index (κ3) is 7.06. The molecule has 0 aliphatic heterocycles. The Balaban J connectivity index is 1.42. The van der Waals surface area contributed by atoms with E-state index < -0.39 is 10.8 Å². The van der Waals surface area contributed by atoms with Crippen molar-refractivity contribution in [1.29, 1.82) is 0 Å². The van der Waals surface area contributed by atoms with E-state index in [1.165, 1.54) is 24.3 Å². The van der Waals surface area contributed by atoms with Crippen LogP contribution in [0, 0.1) is 10.1 Å². The highest BCUT2D eigenvalue weighted by atomic mass is 16.6. The van der Waals surface area contributed by atoms with Crippen molar-refractivity contribution < 1.29 is 24.0 Å². The molecule has 0 spiro atoms. The smallest absolute Gasteiger partial charge is 0.269 e. The van der Waals surface area contributed by atoms with Crippen LogP contribution in [0.15, 0.2) is 72.8 Å². The van der Waals surface area contributed by atoms with Crippen LogP contribution >= 0.6 is 0 Å². The van der Waals surface area contributed by atoms with Gasteiger partial charge < -0.3 is 20.1 Å². The van der Waals surface area contributed by atoms with Gasteiger partial charge in [0.05, 0.1) is 11.5 Å². The number of hydrogen-bond donors (Lipinski definition) is 2. The Morgan fingerprint density at radius 2 is 1.45 bits per heavy atom. The van der Waals surface area contributed by atoms with Gasteiger partial charge in [0.2, 0.25) is 5.91 Å². The van der Waals surface area contributed by atoms with Crippen LogP contribution in [-0.2, 0) is 4.79 Å². The van der Waals surface area contributed by atoms with E-state index in [2.05, 4.69) is 10.6 Å². The number of nitro benzene ring substituents is 1. The lowest BCUT2D eigenvalue weighted by molar-refractivity contribution is -0.384. The van der Waals surface area contributed by atoms with Crippen molar-refractivity contribution in [3.63, 3.8) is 0 Å². The van der Waals surface area contributed by atoms with Gasteiger partial charge in [0.1, 0.15) is 17.2 Å². The van der Waals surface area contributed by atoms with E-state index in [9.17, 15) is 19.7 Å². The standard InChI is InChI=1S/C24H23N3O6/c1-2-32-20-11-13-22(14-12-20)33-21-9-5-18(6-10-21)26-23(28)15-16-25-24(29)17-3-7-19(8-4-17)27(30)31/h3-14H,2,15-16H2,1H3,(H,25,29)(H,26,28). The monoisotopic (exact) mass is 449 g/mol. The van der Waals surface area contributed by atoms with Crippen molar-refractivity contribution in [2.75, 3.05) is 18.5 Å². The molecule has 0 heterocycles. The number of rotatable bonds is 10. The first-order valence-electron chi connectivity index (χ1n) is 10.3. The molecule has 0 aliphatic carbocycles. The molecule has 0 fully saturated rings. The molecule has 0 saturated carbocycles. The van der Waals surface area contributed by atoms with Crippen LogP contribution < -0.4 is 20.1 Å². The van der Waals surface area contributed by atoms with Crippen molar-refractivity contribution in [3.8, 4) is 17.2 Å². The minimum atomic E-state index is -0.537. The van der Waals surface area contributed by atoms with Gasteiger partial charge in [-0.25, -0.2) is 0 Å². The molecule has 0 radical (unpaired) electrons. The van der Waals surface area contributed by atoms with Gasteiger partial charge in [-0.1, -0.05) is 0 Å². The number of hydrogen-bond acceptors (Lipinski definition) is 6. The molecule has 3 aromatic carbocycles. The van der Waals surface area contributed by atoms with Gasteiger partial charge in [0.15, 0.2) is 0 Å². The normalized spacial score (nSPS) is 10.2. The maximum absolute atomic E-state index is 12.1. The fourth-order valence-electron chi connectivity index (χ4n) is 2.86. The van der Waals surface area contributed by atoms with Crippen LogP contribution in [0.3, 0.4) is 0 Å². The zero-order valence-corrected chi connectivity index (χ0v) is 17.9. The Hall–Kier alpha value is -4.40. The summed E-state index contributed by atoms with van der Waals surface area (Å²) in [6.07, 6.45) is 0.0726. The molecule has 9 nitrogen and oxygen atoms in total. The van der Waals surface area contributed by atoms with Gasteiger partial charge in [-0.3, -0.25) is 19.7 Å². The van der Waals surface area contributed by atoms with Crippen molar-refractivity contribution in [2.24, 2.45) is 0 Å². The Morgan fingerprint density at radius 1 is 0.879 bits per heavy atom. The van der Waals surface area contributed by atoms with E-state index in [1.807, 2.05) is 31.2 Å². The number of carbonyl (C=O) groups excluding carboxylic acids is 2. The van der Waals surface area contributed by atoms with Crippen molar-refractivity contribution in [1.82, 2.24) is 5.32 Å². The molecule has 0 unspecified atom stereocenters. The predicted molar refractivity (Wildman–Crippen MR) is 123 cm³/mol. The summed E-state index contributed by atoms with van der Waals surface area (Å²) in [5.74, 6) is 1.38. The third-order valence-corrected chi connectivity index (χ3v) is 4.49. The molecule has 2 amide bonds. The van der Waals surface area contributed by atoms with Crippen LogP contribution in [0.2, 0.25) is 0 Å². The SMILES string of the molecule is CCOc1ccc(Oc2ccc(NC(=O)CCNC(=O)c3ccc([N+](=O)[O-])cc3)cc2)cc1. The van der Waals surface area contributed by atoms with E-state index in [0.717, 1.165) is 5.75 Å². The van der Waals surface area contributed by atoms with Crippen LogP contribution in [0.5, 0.6) is 17.2 Å². The van der Waals surface area contributed by atoms with Crippen molar-refractivity contribution in [2.45, 2.75) is 13.3 Å². The molecule has 2 N–H and O–H groups in total. The fourth-order valence-corrected chi connectivity index (χ4v) is 2.86. The highest BCUT2D eigenvalue weighted by molar-refractivity contribution is 5.95. The van der Waals surface area contributed by atoms with E-state index >= 15 is 0 Å². The minimum absolute atomic E-state index is 0.0726. The van der Waals surface area contributed by atoms with Gasteiger partial charge in [0.25, 0.3) is 11.6 Å². The second-order valence-electron chi connectivity index (χ2n) is 6.89. The van der Waals surface area contributed by atoms with E-state index in [1.54, 1.807) is 24.3 Å². The Morgan fingerprint density at radius 3 is 2.03 bits per heavy atom. The first-order valence-corrected chi connectivity index (χ1v) is 10.3. The largest absolute Gasteiger partial charge is 0.494 e. The zero-order valence-electron chi connectivity index (χ0n) is 17.9. The lowest BCUT2D eigenvalue weighted by Crippen LogP contribution is -2.27. The van der Waals surface area contributed by atoms with Crippen molar-refractivity contribution in [3.05, 3.63) is 88.5 Å². The Labute approximate surface area is 190 Å². The summed E-state index contributed by atoms with van der Waals surface area (Å²) in [7, 11) is 0. The van der Waals surface area contributed by atoms with E-state index in [-0.39, 0.29) is 30.1 Å². The molecule has 0 aliphatic rings. The predicted octanol–water partition coefficient (Wildman–Crippen LogP) is 4.54. The van der Waals surface area contributed by atoms with E-state index in [0.29, 0.717) is 23.8 Å². The number of anilines is 1. The maximum atomic E-state index is 12.1. The average Bonchev–Trinajstić information content (AvgIpc) is 2.82. The van der Waals surface area contributed by atoms with Crippen LogP contribution in [-0.4, -0.2) is 29.9 Å². The molecule has 0 atom stereocenters. The van der Waals surface area contributed by atoms with Crippen LogP contribution in [0.4, 0.5) is 11.4 Å². The molecular weight excluding hydrogens is 426 g/mol. The molecule has 0 bridgehead atoms. The summed E-state index contributed by atoms with van der Waals surface area (Å²) in [6.45, 7) is 2.64. The van der Waals surface area contributed by atoms with Crippen molar-refractivity contribution >= 4 is 23.2 Å². The summed E-state index contributed by atoms with van der Waals surface area (Å²) in [6, 6.07) is 19.4. The van der Waals surface area contributed by atoms with Gasteiger partial charge >= 0.3 is 0 Å². The number of nitrogens with one attached hydrogen (secondary N) is 2. The summed E-state index contributed by atoms with van der Waals surface area (Å²) in [5.41, 5.74) is 0.784. The number of ether oxygens (including phenoxy) is 2. The first-order chi connectivity index (χ1) is 15.9. The maximum Gasteiger partial charge on any atom is 0.269 e. The number of nitrogens with zero attached hydrogens (tertiary/aromatic N) is 1. The average molecular weight is 449 g/mol. The highest BCUT2D eigenvalue weighted by Crippen LogP contribution is 2.25. The van der Waals surface area contributed by atoms with Gasteiger partial charge in [-0.2, -0.15) is 0 Å². The highest BCUT2D eigenvalue weighted by Gasteiger charge is 2.10. The molecule has 3 rings (SSSR count). The summed E-state index contributed by atoms with van der Waals surface area (Å²) >= 11 is 0. The fraction of sp³-hybridized carbons (Fsp3) is 0.167. The zero-order chi connectivity index (χ0) is 23.6. The van der Waals surface area contributed by atoms with Crippen LogP contribution in [0.25, 0.3) is 0 Å². The van der Waals surface area contributed by atoms with Gasteiger partial charge in [0, 0.05) is 36.3 Å². The lowest BCUT2D eigenvalue weighted by atomic mass is 10.2. The first kappa shape index (κ1) is 23.3. The molecule has 0 saturated heterocycles. The third-order valence-electron chi connectivity index (χ3n) is 4.49. The molecule has 170 valence electrons. The van der Waals surface area contributed by atoms with Gasteiger partial charge in [-0.05, 0) is 67.6 Å². The minimum Gasteiger partial charge on any atom is -0.494 e. The quantitative estimate of drug-likeness (QED) is 0.346. The molecule has 33 heavy (non-hydrogen) atoms. The second-order valence-corrected chi connectivity index (χ2v) is 6.89. The number of carbonyl (C=O) groups is 2. The molecule has 9 heteroatoms. The Kier molecular flexibility index (Phi) is 7.96. The topological polar surface area (TPSA) is 120 Å². The summed E-state index contributed by atoms with van der Waals surface area (Å²) in [4.78, 5) is 34.3. The Bertz CT molecular complexity index is 1100. The number of non-ortho nitro benzene ring substituents is 1. The lowest BCUT2D eigenvalue weighted by Gasteiger charge is -2.09. The summed E-state index contributed by atoms with van der Waals surface area (Å²) in [5, 5.41) is 16.0. The number of nitro groups is 1. The second kappa shape index (κ2) is 11.3. The number of amides is 2. The molecular formula is C24H23N3O6. The van der Waals surface area contributed by atoms with Crippen LogP contribution in [0.1, 0.15) is 23.7 Å². The van der Waals surface area contributed by atoms with Gasteiger partial charge in [-0.15, -0.1) is 0 Å². The van der Waals surface area contributed by atoms with E-state index in [4.69, 9.17) is 9.47 Å². The molecule has 0 aromatic heterocycles. The molecule has 3 aromatic rings. The number of benzene rings is 3. The summed E-state index contributed by atoms with van der Waals surface area (Å²) < 4.78 is 11.2.